The summed E-state index contributed by atoms with van der Waals surface area (Å²) < 4.78 is 16.1. The van der Waals surface area contributed by atoms with Crippen LogP contribution >= 0.6 is 0 Å². The number of benzene rings is 8. The Balaban J connectivity index is 1.16. The van der Waals surface area contributed by atoms with Gasteiger partial charge in [-0.1, -0.05) is 140 Å². The van der Waals surface area contributed by atoms with E-state index in [4.69, 9.17) is 8.83 Å². The summed E-state index contributed by atoms with van der Waals surface area (Å²) in [6.45, 7) is 18.4. The molecule has 8 aromatic carbocycles. The Morgan fingerprint density at radius 3 is 2.02 bits per heavy atom. The van der Waals surface area contributed by atoms with Crippen molar-refractivity contribution in [1.29, 1.82) is 0 Å². The highest BCUT2D eigenvalue weighted by Gasteiger charge is 2.47. The first-order valence-electron chi connectivity index (χ1n) is 22.9. The largest absolute Gasteiger partial charge is 0.456 e. The number of para-hydroxylation sites is 1. The minimum atomic E-state index is -0.172. The maximum Gasteiger partial charge on any atom is 0.333 e. The van der Waals surface area contributed by atoms with Crippen LogP contribution in [-0.2, 0) is 16.2 Å². The molecular weight excluding hydrogens is 779 g/mol. The lowest BCUT2D eigenvalue weighted by atomic mass is 9.43. The highest BCUT2D eigenvalue weighted by Crippen LogP contribution is 2.53. The van der Waals surface area contributed by atoms with Crippen LogP contribution in [0.4, 0.5) is 11.4 Å². The Morgan fingerprint density at radius 1 is 0.484 bits per heavy atom. The fraction of sp³-hybridized carbons (Fsp3) is 0.186. The minimum absolute atomic E-state index is 0.00544. The van der Waals surface area contributed by atoms with Gasteiger partial charge in [0, 0.05) is 66.4 Å². The normalized spacial score (nSPS) is 14.9. The number of furan rings is 2. The smallest absolute Gasteiger partial charge is 0.333 e. The number of nitrogens with zero attached hydrogens (tertiary/aromatic N) is 2. The van der Waals surface area contributed by atoms with Gasteiger partial charge in [-0.25, -0.2) is 0 Å². The summed E-state index contributed by atoms with van der Waals surface area (Å²) in [5.74, 6) is 0. The van der Waals surface area contributed by atoms with Gasteiger partial charge in [0.1, 0.15) is 22.3 Å². The maximum absolute atomic E-state index is 6.90. The van der Waals surface area contributed by atoms with Crippen LogP contribution in [0, 0.1) is 0 Å². The average molecular weight is 827 g/mol. The third-order valence-electron chi connectivity index (χ3n) is 15.3. The number of fused-ring (bicyclic) bond motifs is 18. The van der Waals surface area contributed by atoms with Crippen LogP contribution in [0.1, 0.15) is 77.6 Å². The molecule has 5 heterocycles. The zero-order chi connectivity index (χ0) is 43.3. The summed E-state index contributed by atoms with van der Waals surface area (Å²) in [5.41, 5.74) is 22.7. The second-order valence-corrected chi connectivity index (χ2v) is 21.3. The summed E-state index contributed by atoms with van der Waals surface area (Å²) >= 11 is 0. The highest BCUT2D eigenvalue weighted by atomic mass is 16.3. The molecule has 0 N–H and O–H groups in total. The van der Waals surface area contributed by atoms with Gasteiger partial charge in [-0.3, -0.25) is 0 Å². The molecule has 3 aromatic heterocycles. The van der Waals surface area contributed by atoms with E-state index in [-0.39, 0.29) is 23.1 Å². The number of aromatic nitrogens is 1. The molecule has 3 aliphatic rings. The standard InChI is InChI=1S/C59H47BN2O2/c1-57(2,3)32-17-20-34(21-18-32)62-47-31-52-42(36-22-19-33(58(4,5)6)27-51(36)64-52)28-41(47)37-23-24-39-53-46(25-26-50-54(53)38-14-10-12-16-49(38)63-50)61-48-29-40-35-13-9-11-15-43(35)59(7,8)44(40)30-45(48)60(62)55(37)56(39)61/h9-31H,1-8H3. The zero-order valence-electron chi connectivity index (χ0n) is 37.6. The van der Waals surface area contributed by atoms with Gasteiger partial charge in [0.15, 0.2) is 0 Å². The molecule has 0 unspecified atom stereocenters. The van der Waals surface area contributed by atoms with Gasteiger partial charge >= 0.3 is 6.85 Å². The predicted molar refractivity (Wildman–Crippen MR) is 269 cm³/mol. The van der Waals surface area contributed by atoms with E-state index in [0.717, 1.165) is 49.9 Å². The van der Waals surface area contributed by atoms with Gasteiger partial charge in [0.05, 0.1) is 11.0 Å². The molecule has 308 valence electrons. The molecule has 64 heavy (non-hydrogen) atoms. The molecule has 5 heteroatoms. The second kappa shape index (κ2) is 11.8. The van der Waals surface area contributed by atoms with Gasteiger partial charge in [-0.2, -0.15) is 0 Å². The molecule has 14 rings (SSSR count). The van der Waals surface area contributed by atoms with E-state index in [9.17, 15) is 0 Å². The third kappa shape index (κ3) is 4.54. The minimum Gasteiger partial charge on any atom is -0.456 e. The van der Waals surface area contributed by atoms with Crippen LogP contribution in [0.15, 0.2) is 148 Å². The summed E-state index contributed by atoms with van der Waals surface area (Å²) in [6, 6.07) is 52.9. The molecule has 0 saturated heterocycles. The molecule has 11 aromatic rings. The fourth-order valence-corrected chi connectivity index (χ4v) is 12.0. The van der Waals surface area contributed by atoms with Crippen molar-refractivity contribution in [2.45, 2.75) is 71.6 Å². The molecule has 0 saturated carbocycles. The van der Waals surface area contributed by atoms with E-state index in [2.05, 4.69) is 204 Å². The molecule has 4 nitrogen and oxygen atoms in total. The lowest BCUT2D eigenvalue weighted by molar-refractivity contribution is 0.587. The van der Waals surface area contributed by atoms with Crippen molar-refractivity contribution < 1.29 is 8.83 Å². The van der Waals surface area contributed by atoms with Crippen molar-refractivity contribution in [3.05, 3.63) is 162 Å². The van der Waals surface area contributed by atoms with E-state index in [0.29, 0.717) is 0 Å². The quantitative estimate of drug-likeness (QED) is 0.155. The lowest BCUT2D eigenvalue weighted by Crippen LogP contribution is -2.60. The van der Waals surface area contributed by atoms with Gasteiger partial charge < -0.3 is 18.2 Å². The van der Waals surface area contributed by atoms with Crippen LogP contribution < -0.4 is 15.7 Å². The van der Waals surface area contributed by atoms with Crippen LogP contribution in [-0.4, -0.2) is 11.4 Å². The van der Waals surface area contributed by atoms with E-state index >= 15 is 0 Å². The Morgan fingerprint density at radius 2 is 1.20 bits per heavy atom. The number of anilines is 2. The average Bonchev–Trinajstić information content (AvgIpc) is 4.00. The fourth-order valence-electron chi connectivity index (χ4n) is 12.0. The van der Waals surface area contributed by atoms with Crippen molar-refractivity contribution >= 4 is 94.8 Å². The summed E-state index contributed by atoms with van der Waals surface area (Å²) in [5, 5.41) is 7.11. The molecule has 0 radical (unpaired) electrons. The summed E-state index contributed by atoms with van der Waals surface area (Å²) in [4.78, 5) is 2.64. The van der Waals surface area contributed by atoms with Crippen LogP contribution in [0.2, 0.25) is 0 Å². The maximum atomic E-state index is 6.90. The Hall–Kier alpha value is -6.98. The molecule has 0 amide bonds. The number of rotatable bonds is 1. The second-order valence-electron chi connectivity index (χ2n) is 21.3. The summed E-state index contributed by atoms with van der Waals surface area (Å²) in [6.07, 6.45) is 0. The first kappa shape index (κ1) is 36.5. The predicted octanol–water partition coefficient (Wildman–Crippen LogP) is 14.7. The molecule has 0 atom stereocenters. The van der Waals surface area contributed by atoms with E-state index < -0.39 is 0 Å². The van der Waals surface area contributed by atoms with Gasteiger partial charge in [-0.15, -0.1) is 0 Å². The zero-order valence-corrected chi connectivity index (χ0v) is 37.6. The van der Waals surface area contributed by atoms with Crippen LogP contribution in [0.25, 0.3) is 93.6 Å². The van der Waals surface area contributed by atoms with Crippen molar-refractivity contribution in [2.75, 3.05) is 4.81 Å². The third-order valence-corrected chi connectivity index (χ3v) is 15.3. The Bertz CT molecular complexity index is 3900. The lowest BCUT2D eigenvalue weighted by Gasteiger charge is -2.42. The van der Waals surface area contributed by atoms with E-state index in [1.165, 1.54) is 88.3 Å². The van der Waals surface area contributed by atoms with Crippen molar-refractivity contribution in [3.8, 4) is 27.9 Å². The van der Waals surface area contributed by atoms with Crippen LogP contribution in [0.5, 0.6) is 0 Å². The highest BCUT2D eigenvalue weighted by molar-refractivity contribution is 6.93. The van der Waals surface area contributed by atoms with Crippen molar-refractivity contribution in [3.63, 3.8) is 0 Å². The molecule has 2 aliphatic heterocycles. The molecule has 1 aliphatic carbocycles. The molecule has 0 spiro atoms. The van der Waals surface area contributed by atoms with Gasteiger partial charge in [-0.05, 0) is 109 Å². The number of hydrogen-bond donors (Lipinski definition) is 0. The monoisotopic (exact) mass is 826 g/mol. The first-order chi connectivity index (χ1) is 30.8. The van der Waals surface area contributed by atoms with Crippen LogP contribution in [0.3, 0.4) is 0 Å². The molecule has 0 fully saturated rings. The van der Waals surface area contributed by atoms with E-state index in [1.807, 2.05) is 0 Å². The number of hydrogen-bond acceptors (Lipinski definition) is 3. The Labute approximate surface area is 372 Å². The summed E-state index contributed by atoms with van der Waals surface area (Å²) in [7, 11) is 0. The van der Waals surface area contributed by atoms with Crippen molar-refractivity contribution in [1.82, 2.24) is 4.57 Å². The SMILES string of the molecule is CC(C)(C)c1ccc(N2B3c4cc5c(cc4-n4c6ccc7oc8ccccc8c7c6c6ccc(c3c64)-c3cc4c(cc32)oc2cc(C(C)(C)C)ccc24)-c2ccccc2C5(C)C)cc1. The van der Waals surface area contributed by atoms with Gasteiger partial charge in [0.25, 0.3) is 0 Å². The topological polar surface area (TPSA) is 34.5 Å². The van der Waals surface area contributed by atoms with Gasteiger partial charge in [0.2, 0.25) is 0 Å². The molecule has 0 bridgehead atoms. The van der Waals surface area contributed by atoms with Crippen molar-refractivity contribution in [2.24, 2.45) is 0 Å². The van der Waals surface area contributed by atoms with E-state index in [1.54, 1.807) is 0 Å². The first-order valence-corrected chi connectivity index (χ1v) is 22.9. The Kier molecular flexibility index (Phi) is 6.72. The molecular formula is C59H47BN2O2.